The molecule has 0 aromatic heterocycles. The highest BCUT2D eigenvalue weighted by Gasteiger charge is 2.11. The summed E-state index contributed by atoms with van der Waals surface area (Å²) in [6, 6.07) is 18.3. The molecule has 0 spiro atoms. The van der Waals surface area contributed by atoms with Crippen molar-refractivity contribution in [2.45, 2.75) is 19.5 Å². The van der Waals surface area contributed by atoms with Gasteiger partial charge in [0, 0.05) is 26.2 Å². The first-order valence-electron chi connectivity index (χ1n) is 8.48. The van der Waals surface area contributed by atoms with Crippen molar-refractivity contribution < 1.29 is 9.53 Å². The van der Waals surface area contributed by atoms with Gasteiger partial charge in [0.2, 0.25) is 5.91 Å². The highest BCUT2D eigenvalue weighted by Crippen LogP contribution is 2.10. The van der Waals surface area contributed by atoms with E-state index in [2.05, 4.69) is 34.5 Å². The van der Waals surface area contributed by atoms with Gasteiger partial charge in [0.05, 0.1) is 19.6 Å². The molecule has 0 radical (unpaired) electrons. The summed E-state index contributed by atoms with van der Waals surface area (Å²) < 4.78 is 5.39. The number of carbonyl (C=O) groups is 1. The Bertz CT molecular complexity index is 652. The number of hydrogen-bond donors (Lipinski definition) is 1. The SMILES string of the molecule is O=C(Cc1ccccc1)NCc1cccc(CN2CCOCC2)c1. The van der Waals surface area contributed by atoms with Gasteiger partial charge < -0.3 is 10.1 Å². The minimum atomic E-state index is 0.0554. The average molecular weight is 324 g/mol. The van der Waals surface area contributed by atoms with Gasteiger partial charge in [-0.25, -0.2) is 0 Å². The van der Waals surface area contributed by atoms with E-state index in [1.165, 1.54) is 5.56 Å². The smallest absolute Gasteiger partial charge is 0.224 e. The third kappa shape index (κ3) is 5.18. The molecule has 1 saturated heterocycles. The second-order valence-corrected chi connectivity index (χ2v) is 6.15. The van der Waals surface area contributed by atoms with Gasteiger partial charge >= 0.3 is 0 Å². The van der Waals surface area contributed by atoms with E-state index in [0.29, 0.717) is 13.0 Å². The van der Waals surface area contributed by atoms with Crippen LogP contribution >= 0.6 is 0 Å². The van der Waals surface area contributed by atoms with Crippen LogP contribution in [0.5, 0.6) is 0 Å². The van der Waals surface area contributed by atoms with Crippen LogP contribution in [0.1, 0.15) is 16.7 Å². The molecule has 2 aromatic carbocycles. The summed E-state index contributed by atoms with van der Waals surface area (Å²) in [5.74, 6) is 0.0554. The topological polar surface area (TPSA) is 41.6 Å². The van der Waals surface area contributed by atoms with E-state index >= 15 is 0 Å². The summed E-state index contributed by atoms with van der Waals surface area (Å²) in [6.07, 6.45) is 0.425. The molecule has 0 aliphatic carbocycles. The lowest BCUT2D eigenvalue weighted by Gasteiger charge is -2.26. The Morgan fingerprint density at radius 1 is 0.958 bits per heavy atom. The molecule has 0 atom stereocenters. The molecule has 4 nitrogen and oxygen atoms in total. The fourth-order valence-electron chi connectivity index (χ4n) is 2.90. The fourth-order valence-corrected chi connectivity index (χ4v) is 2.90. The third-order valence-electron chi connectivity index (χ3n) is 4.20. The van der Waals surface area contributed by atoms with Crippen LogP contribution in [0.3, 0.4) is 0 Å². The number of nitrogens with zero attached hydrogens (tertiary/aromatic N) is 1. The third-order valence-corrected chi connectivity index (χ3v) is 4.20. The summed E-state index contributed by atoms with van der Waals surface area (Å²) in [5, 5.41) is 3.01. The van der Waals surface area contributed by atoms with Gasteiger partial charge in [-0.1, -0.05) is 54.6 Å². The van der Waals surface area contributed by atoms with Gasteiger partial charge in [-0.05, 0) is 16.7 Å². The zero-order chi connectivity index (χ0) is 16.6. The second-order valence-electron chi connectivity index (χ2n) is 6.15. The van der Waals surface area contributed by atoms with Crippen LogP contribution in [0, 0.1) is 0 Å². The van der Waals surface area contributed by atoms with Crippen LogP contribution < -0.4 is 5.32 Å². The lowest BCUT2D eigenvalue weighted by Crippen LogP contribution is -2.35. The zero-order valence-electron chi connectivity index (χ0n) is 13.9. The first-order chi connectivity index (χ1) is 11.8. The van der Waals surface area contributed by atoms with Crippen molar-refractivity contribution >= 4 is 5.91 Å². The van der Waals surface area contributed by atoms with E-state index in [1.54, 1.807) is 0 Å². The Kier molecular flexibility index (Phi) is 5.99. The van der Waals surface area contributed by atoms with Crippen LogP contribution in [-0.4, -0.2) is 37.1 Å². The maximum absolute atomic E-state index is 12.1. The molecule has 0 bridgehead atoms. The van der Waals surface area contributed by atoms with Crippen LogP contribution in [0.15, 0.2) is 54.6 Å². The van der Waals surface area contributed by atoms with Crippen molar-refractivity contribution in [2.24, 2.45) is 0 Å². The van der Waals surface area contributed by atoms with Crippen LogP contribution in [-0.2, 0) is 29.0 Å². The average Bonchev–Trinajstić information content (AvgIpc) is 2.62. The minimum Gasteiger partial charge on any atom is -0.379 e. The molecule has 0 unspecified atom stereocenters. The standard InChI is InChI=1S/C20H24N2O2/c23-20(14-17-5-2-1-3-6-17)21-15-18-7-4-8-19(13-18)16-22-9-11-24-12-10-22/h1-8,13H,9-12,14-16H2,(H,21,23). The summed E-state index contributed by atoms with van der Waals surface area (Å²) in [7, 11) is 0. The van der Waals surface area contributed by atoms with Crippen molar-refractivity contribution in [3.05, 3.63) is 71.3 Å². The summed E-state index contributed by atoms with van der Waals surface area (Å²) in [6.45, 7) is 5.11. The number of amides is 1. The predicted molar refractivity (Wildman–Crippen MR) is 94.5 cm³/mol. The number of morpholine rings is 1. The molecular weight excluding hydrogens is 300 g/mol. The van der Waals surface area contributed by atoms with Crippen molar-refractivity contribution in [1.82, 2.24) is 10.2 Å². The number of benzene rings is 2. The summed E-state index contributed by atoms with van der Waals surface area (Å²) >= 11 is 0. The molecule has 126 valence electrons. The predicted octanol–water partition coefficient (Wildman–Crippen LogP) is 2.38. The van der Waals surface area contributed by atoms with E-state index in [4.69, 9.17) is 4.74 Å². The molecular formula is C20H24N2O2. The van der Waals surface area contributed by atoms with E-state index in [-0.39, 0.29) is 5.91 Å². The number of nitrogens with one attached hydrogen (secondary N) is 1. The molecule has 1 heterocycles. The maximum Gasteiger partial charge on any atom is 0.224 e. The molecule has 4 heteroatoms. The molecule has 0 saturated carbocycles. The number of rotatable bonds is 6. The van der Waals surface area contributed by atoms with Gasteiger partial charge in [-0.2, -0.15) is 0 Å². The van der Waals surface area contributed by atoms with Crippen LogP contribution in [0.25, 0.3) is 0 Å². The molecule has 1 aliphatic rings. The van der Waals surface area contributed by atoms with E-state index in [0.717, 1.165) is 44.0 Å². The molecule has 1 fully saturated rings. The second kappa shape index (κ2) is 8.62. The molecule has 2 aromatic rings. The van der Waals surface area contributed by atoms with Crippen molar-refractivity contribution in [3.8, 4) is 0 Å². The molecule has 1 N–H and O–H groups in total. The minimum absolute atomic E-state index is 0.0554. The Labute approximate surface area is 143 Å². The van der Waals surface area contributed by atoms with Gasteiger partial charge in [0.25, 0.3) is 0 Å². The first kappa shape index (κ1) is 16.7. The van der Waals surface area contributed by atoms with E-state index in [9.17, 15) is 4.79 Å². The Morgan fingerprint density at radius 2 is 1.67 bits per heavy atom. The summed E-state index contributed by atoms with van der Waals surface area (Å²) in [5.41, 5.74) is 3.46. The Balaban J connectivity index is 1.49. The lowest BCUT2D eigenvalue weighted by atomic mass is 10.1. The Morgan fingerprint density at radius 3 is 2.46 bits per heavy atom. The van der Waals surface area contributed by atoms with Crippen LogP contribution in [0.4, 0.5) is 0 Å². The normalized spacial score (nSPS) is 15.2. The van der Waals surface area contributed by atoms with E-state index < -0.39 is 0 Å². The van der Waals surface area contributed by atoms with Gasteiger partial charge in [-0.3, -0.25) is 9.69 Å². The number of ether oxygens (including phenoxy) is 1. The van der Waals surface area contributed by atoms with Crippen molar-refractivity contribution in [2.75, 3.05) is 26.3 Å². The first-order valence-corrected chi connectivity index (χ1v) is 8.48. The monoisotopic (exact) mass is 324 g/mol. The molecule has 1 aliphatic heterocycles. The molecule has 1 amide bonds. The summed E-state index contributed by atoms with van der Waals surface area (Å²) in [4.78, 5) is 14.5. The van der Waals surface area contributed by atoms with E-state index in [1.807, 2.05) is 30.3 Å². The van der Waals surface area contributed by atoms with Crippen molar-refractivity contribution in [1.29, 1.82) is 0 Å². The molecule has 24 heavy (non-hydrogen) atoms. The van der Waals surface area contributed by atoms with Crippen LogP contribution in [0.2, 0.25) is 0 Å². The largest absolute Gasteiger partial charge is 0.379 e. The lowest BCUT2D eigenvalue weighted by molar-refractivity contribution is -0.120. The fraction of sp³-hybridized carbons (Fsp3) is 0.350. The van der Waals surface area contributed by atoms with Gasteiger partial charge in [0.1, 0.15) is 0 Å². The molecule has 3 rings (SSSR count). The highest BCUT2D eigenvalue weighted by atomic mass is 16.5. The quantitative estimate of drug-likeness (QED) is 0.887. The Hall–Kier alpha value is -2.17. The number of hydrogen-bond acceptors (Lipinski definition) is 3. The van der Waals surface area contributed by atoms with Gasteiger partial charge in [-0.15, -0.1) is 0 Å². The zero-order valence-corrected chi connectivity index (χ0v) is 13.9. The maximum atomic E-state index is 12.1. The highest BCUT2D eigenvalue weighted by molar-refractivity contribution is 5.78. The van der Waals surface area contributed by atoms with Gasteiger partial charge in [0.15, 0.2) is 0 Å². The van der Waals surface area contributed by atoms with Crippen molar-refractivity contribution in [3.63, 3.8) is 0 Å². The number of carbonyl (C=O) groups excluding carboxylic acids is 1.